The van der Waals surface area contributed by atoms with E-state index in [-0.39, 0.29) is 13.1 Å². The number of nitrogens with zero attached hydrogens (tertiary/aromatic N) is 3. The standard InChI is InChI=1S/C17H14BrF2N3O2S/c18-13-10-12(11-21)4-5-16(13)22-6-8-23(9-7-22)26(24,25)17-14(19)2-1-3-15(17)20/h1-5,10H,6-9H2. The van der Waals surface area contributed by atoms with Crippen LogP contribution in [0.3, 0.4) is 0 Å². The Morgan fingerprint density at radius 3 is 2.19 bits per heavy atom. The third-order valence-electron chi connectivity index (χ3n) is 4.17. The summed E-state index contributed by atoms with van der Waals surface area (Å²) in [5.74, 6) is -2.19. The molecule has 1 aliphatic heterocycles. The molecular weight excluding hydrogens is 428 g/mol. The quantitative estimate of drug-likeness (QED) is 0.733. The molecule has 136 valence electrons. The maximum Gasteiger partial charge on any atom is 0.249 e. The van der Waals surface area contributed by atoms with Gasteiger partial charge in [0.1, 0.15) is 11.6 Å². The summed E-state index contributed by atoms with van der Waals surface area (Å²) in [5.41, 5.74) is 1.34. The normalized spacial score (nSPS) is 15.7. The van der Waals surface area contributed by atoms with Gasteiger partial charge in [0.2, 0.25) is 10.0 Å². The van der Waals surface area contributed by atoms with E-state index in [0.29, 0.717) is 18.7 Å². The summed E-state index contributed by atoms with van der Waals surface area (Å²) in [6.45, 7) is 0.921. The lowest BCUT2D eigenvalue weighted by Gasteiger charge is -2.35. The van der Waals surface area contributed by atoms with E-state index in [0.717, 1.165) is 32.7 Å². The first-order valence-electron chi connectivity index (χ1n) is 7.73. The highest BCUT2D eigenvalue weighted by atomic mass is 79.9. The maximum atomic E-state index is 13.9. The first kappa shape index (κ1) is 18.8. The smallest absolute Gasteiger partial charge is 0.249 e. The number of piperazine rings is 1. The van der Waals surface area contributed by atoms with Gasteiger partial charge in [-0.1, -0.05) is 6.07 Å². The summed E-state index contributed by atoms with van der Waals surface area (Å²) in [5, 5.41) is 8.92. The van der Waals surface area contributed by atoms with Gasteiger partial charge in [-0.2, -0.15) is 9.57 Å². The zero-order valence-corrected chi connectivity index (χ0v) is 15.9. The molecule has 0 amide bonds. The number of halogens is 3. The van der Waals surface area contributed by atoms with Gasteiger partial charge < -0.3 is 4.90 Å². The molecule has 2 aromatic carbocycles. The first-order chi connectivity index (χ1) is 12.3. The topological polar surface area (TPSA) is 64.4 Å². The zero-order chi connectivity index (χ0) is 18.9. The van der Waals surface area contributed by atoms with Crippen LogP contribution in [0.5, 0.6) is 0 Å². The van der Waals surface area contributed by atoms with Gasteiger partial charge in [-0.3, -0.25) is 0 Å². The van der Waals surface area contributed by atoms with Crippen molar-refractivity contribution in [2.75, 3.05) is 31.1 Å². The third kappa shape index (κ3) is 3.45. The molecule has 0 spiro atoms. The zero-order valence-electron chi connectivity index (χ0n) is 13.5. The molecule has 26 heavy (non-hydrogen) atoms. The first-order valence-corrected chi connectivity index (χ1v) is 9.96. The van der Waals surface area contributed by atoms with Crippen molar-refractivity contribution < 1.29 is 17.2 Å². The molecule has 0 N–H and O–H groups in total. The lowest BCUT2D eigenvalue weighted by molar-refractivity contribution is 0.378. The van der Waals surface area contributed by atoms with Gasteiger partial charge in [-0.15, -0.1) is 0 Å². The second-order valence-corrected chi connectivity index (χ2v) is 8.45. The Labute approximate surface area is 158 Å². The van der Waals surface area contributed by atoms with Gasteiger partial charge >= 0.3 is 0 Å². The predicted octanol–water partition coefficient (Wildman–Crippen LogP) is 3.11. The van der Waals surface area contributed by atoms with Gasteiger partial charge in [0.25, 0.3) is 0 Å². The molecule has 0 atom stereocenters. The Balaban J connectivity index is 1.79. The van der Waals surface area contributed by atoms with Crippen molar-refractivity contribution >= 4 is 31.6 Å². The van der Waals surface area contributed by atoms with E-state index in [1.807, 2.05) is 11.0 Å². The van der Waals surface area contributed by atoms with E-state index in [1.165, 1.54) is 0 Å². The number of rotatable bonds is 3. The molecule has 5 nitrogen and oxygen atoms in total. The Morgan fingerprint density at radius 1 is 1.04 bits per heavy atom. The van der Waals surface area contributed by atoms with Gasteiger partial charge in [0, 0.05) is 30.7 Å². The molecule has 0 bridgehead atoms. The molecule has 1 heterocycles. The third-order valence-corrected chi connectivity index (χ3v) is 6.76. The Hall–Kier alpha value is -2.02. The molecule has 1 saturated heterocycles. The van der Waals surface area contributed by atoms with Crippen molar-refractivity contribution in [2.24, 2.45) is 0 Å². The van der Waals surface area contributed by atoms with Crippen molar-refractivity contribution in [3.05, 3.63) is 58.1 Å². The van der Waals surface area contributed by atoms with E-state index in [1.54, 1.807) is 18.2 Å². The average Bonchev–Trinajstić information content (AvgIpc) is 2.61. The van der Waals surface area contributed by atoms with Crippen molar-refractivity contribution in [1.29, 1.82) is 5.26 Å². The Kier molecular flexibility index (Phi) is 5.27. The monoisotopic (exact) mass is 441 g/mol. The molecule has 0 radical (unpaired) electrons. The highest BCUT2D eigenvalue weighted by Crippen LogP contribution is 2.29. The fourth-order valence-electron chi connectivity index (χ4n) is 2.86. The Morgan fingerprint density at radius 2 is 1.65 bits per heavy atom. The van der Waals surface area contributed by atoms with Crippen LogP contribution in [0.2, 0.25) is 0 Å². The number of hydrogen-bond donors (Lipinski definition) is 0. The van der Waals surface area contributed by atoms with Gasteiger partial charge in [0.05, 0.1) is 17.3 Å². The van der Waals surface area contributed by atoms with Gasteiger partial charge in [-0.05, 0) is 46.3 Å². The minimum atomic E-state index is -4.25. The lowest BCUT2D eigenvalue weighted by Crippen LogP contribution is -2.49. The van der Waals surface area contributed by atoms with Crippen LogP contribution in [0.25, 0.3) is 0 Å². The summed E-state index contributed by atoms with van der Waals surface area (Å²) in [4.78, 5) is 1.04. The molecule has 2 aromatic rings. The summed E-state index contributed by atoms with van der Waals surface area (Å²) in [6.07, 6.45) is 0. The molecule has 9 heteroatoms. The van der Waals surface area contributed by atoms with Crippen molar-refractivity contribution in [3.63, 3.8) is 0 Å². The largest absolute Gasteiger partial charge is 0.368 e. The van der Waals surface area contributed by atoms with Crippen molar-refractivity contribution in [3.8, 4) is 6.07 Å². The van der Waals surface area contributed by atoms with Gasteiger partial charge in [-0.25, -0.2) is 17.2 Å². The molecule has 0 unspecified atom stereocenters. The van der Waals surface area contributed by atoms with Crippen LogP contribution in [0.4, 0.5) is 14.5 Å². The number of benzene rings is 2. The van der Waals surface area contributed by atoms with Gasteiger partial charge in [0.15, 0.2) is 4.90 Å². The summed E-state index contributed by atoms with van der Waals surface area (Å²) in [7, 11) is -4.25. The van der Waals surface area contributed by atoms with Crippen molar-refractivity contribution in [2.45, 2.75) is 4.90 Å². The lowest BCUT2D eigenvalue weighted by atomic mass is 10.2. The molecular formula is C17H14BrF2N3O2S. The predicted molar refractivity (Wildman–Crippen MR) is 96.2 cm³/mol. The fraction of sp³-hybridized carbons (Fsp3) is 0.235. The van der Waals surface area contributed by atoms with Crippen molar-refractivity contribution in [1.82, 2.24) is 4.31 Å². The van der Waals surface area contributed by atoms with E-state index in [2.05, 4.69) is 15.9 Å². The molecule has 0 saturated carbocycles. The van der Waals surface area contributed by atoms with Crippen LogP contribution in [-0.4, -0.2) is 38.9 Å². The number of nitriles is 1. The fourth-order valence-corrected chi connectivity index (χ4v) is 5.02. The number of hydrogen-bond acceptors (Lipinski definition) is 4. The van der Waals surface area contributed by atoms with Crippen LogP contribution < -0.4 is 4.90 Å². The van der Waals surface area contributed by atoms with E-state index in [9.17, 15) is 17.2 Å². The summed E-state index contributed by atoms with van der Waals surface area (Å²) < 4.78 is 54.8. The van der Waals surface area contributed by atoms with E-state index >= 15 is 0 Å². The van der Waals surface area contributed by atoms with E-state index < -0.39 is 26.6 Å². The Bertz CT molecular complexity index is 964. The summed E-state index contributed by atoms with van der Waals surface area (Å²) in [6, 6.07) is 10.2. The second-order valence-electron chi connectivity index (χ2n) is 5.72. The minimum absolute atomic E-state index is 0.0998. The highest BCUT2D eigenvalue weighted by Gasteiger charge is 2.33. The van der Waals surface area contributed by atoms with Crippen LogP contribution in [0, 0.1) is 23.0 Å². The minimum Gasteiger partial charge on any atom is -0.368 e. The number of anilines is 1. The average molecular weight is 442 g/mol. The second kappa shape index (κ2) is 7.31. The SMILES string of the molecule is N#Cc1ccc(N2CCN(S(=O)(=O)c3c(F)cccc3F)CC2)c(Br)c1. The van der Waals surface area contributed by atoms with Crippen LogP contribution in [-0.2, 0) is 10.0 Å². The maximum absolute atomic E-state index is 13.9. The highest BCUT2D eigenvalue weighted by molar-refractivity contribution is 9.10. The number of sulfonamides is 1. The molecule has 3 rings (SSSR count). The van der Waals surface area contributed by atoms with Crippen LogP contribution in [0.15, 0.2) is 45.8 Å². The van der Waals surface area contributed by atoms with Crippen LogP contribution in [0.1, 0.15) is 5.56 Å². The molecule has 0 aliphatic carbocycles. The molecule has 1 fully saturated rings. The van der Waals surface area contributed by atoms with E-state index in [4.69, 9.17) is 5.26 Å². The van der Waals surface area contributed by atoms with Crippen LogP contribution >= 0.6 is 15.9 Å². The summed E-state index contributed by atoms with van der Waals surface area (Å²) >= 11 is 3.41. The molecule has 0 aromatic heterocycles. The molecule has 1 aliphatic rings.